The average Bonchev–Trinajstić information content (AvgIpc) is 3.12. The molecule has 1 aromatic carbocycles. The highest BCUT2D eigenvalue weighted by molar-refractivity contribution is 5.78. The lowest BCUT2D eigenvalue weighted by Crippen LogP contribution is -2.19. The van der Waals surface area contributed by atoms with Crippen molar-refractivity contribution in [2.24, 2.45) is 0 Å². The second kappa shape index (κ2) is 15.5. The summed E-state index contributed by atoms with van der Waals surface area (Å²) in [5.74, 6) is 0. The number of likely N-dealkylation sites (tertiary alicyclic amines) is 1. The standard InChI is InChI=1S/C20H24N2.C2H2.4H2O/c1-16-8-10-18(11-9-16)19(12-15-22-13-3-4-14-22)20-7-5-6-17(2)21-20;1-2;;;;/h5-12H,3-4,13-15H2,1-2H3;1-2H;4*1H2/b19-12+;;;;;. The minimum atomic E-state index is 0. The van der Waals surface area contributed by atoms with Crippen molar-refractivity contribution in [1.82, 2.24) is 9.88 Å². The van der Waals surface area contributed by atoms with Crippen molar-refractivity contribution >= 4 is 5.57 Å². The van der Waals surface area contributed by atoms with Crippen LogP contribution in [0.1, 0.15) is 35.4 Å². The SMILES string of the molecule is C#C.Cc1ccc(/C(=C\CN2CCCC2)c2cccc(C)n2)cc1.O.O.O.O. The molecule has 1 fully saturated rings. The zero-order valence-corrected chi connectivity index (χ0v) is 16.7. The fourth-order valence-electron chi connectivity index (χ4n) is 2.98. The Kier molecular flexibility index (Phi) is 16.7. The van der Waals surface area contributed by atoms with Crippen molar-refractivity contribution in [2.75, 3.05) is 19.6 Å². The monoisotopic (exact) mass is 390 g/mol. The smallest absolute Gasteiger partial charge is 0.0708 e. The summed E-state index contributed by atoms with van der Waals surface area (Å²) in [5, 5.41) is 0. The number of terminal acetylenes is 1. The third-order valence-electron chi connectivity index (χ3n) is 4.28. The molecule has 0 radical (unpaired) electrons. The molecule has 6 heteroatoms. The number of pyridine rings is 1. The predicted octanol–water partition coefficient (Wildman–Crippen LogP) is 1.18. The molecular weight excluding hydrogens is 356 g/mol. The molecule has 6 nitrogen and oxygen atoms in total. The predicted molar refractivity (Wildman–Crippen MR) is 117 cm³/mol. The van der Waals surface area contributed by atoms with Gasteiger partial charge in [-0.25, -0.2) is 0 Å². The average molecular weight is 391 g/mol. The van der Waals surface area contributed by atoms with E-state index in [0.717, 1.165) is 17.9 Å². The van der Waals surface area contributed by atoms with E-state index in [1.807, 2.05) is 0 Å². The lowest BCUT2D eigenvalue weighted by Gasteiger charge is -2.14. The Morgan fingerprint density at radius 2 is 1.50 bits per heavy atom. The summed E-state index contributed by atoms with van der Waals surface area (Å²) < 4.78 is 0. The highest BCUT2D eigenvalue weighted by atomic mass is 16.0. The summed E-state index contributed by atoms with van der Waals surface area (Å²) in [6.45, 7) is 7.63. The first-order valence-electron chi connectivity index (χ1n) is 8.49. The molecule has 1 aromatic heterocycles. The quantitative estimate of drug-likeness (QED) is 0.722. The van der Waals surface area contributed by atoms with Gasteiger partial charge in [-0.2, -0.15) is 0 Å². The van der Waals surface area contributed by atoms with Crippen LogP contribution in [0.3, 0.4) is 0 Å². The number of hydrogen-bond acceptors (Lipinski definition) is 2. The van der Waals surface area contributed by atoms with E-state index in [1.54, 1.807) is 0 Å². The van der Waals surface area contributed by atoms with Crippen LogP contribution in [0.25, 0.3) is 5.57 Å². The number of hydrogen-bond donors (Lipinski definition) is 0. The van der Waals surface area contributed by atoms with E-state index >= 15 is 0 Å². The van der Waals surface area contributed by atoms with Crippen LogP contribution < -0.4 is 0 Å². The van der Waals surface area contributed by atoms with E-state index in [4.69, 9.17) is 4.98 Å². The molecular formula is C22H34N2O4. The van der Waals surface area contributed by atoms with Crippen molar-refractivity contribution in [3.8, 4) is 12.8 Å². The van der Waals surface area contributed by atoms with Crippen molar-refractivity contribution in [3.05, 3.63) is 71.1 Å². The van der Waals surface area contributed by atoms with Crippen LogP contribution in [-0.2, 0) is 0 Å². The molecule has 0 unspecified atom stereocenters. The first-order chi connectivity index (χ1) is 11.7. The van der Waals surface area contributed by atoms with E-state index in [-0.39, 0.29) is 21.9 Å². The van der Waals surface area contributed by atoms with Crippen LogP contribution in [0.15, 0.2) is 48.5 Å². The normalized spacial score (nSPS) is 12.8. The fraction of sp³-hybridized carbons (Fsp3) is 0.318. The molecule has 1 saturated heterocycles. The van der Waals surface area contributed by atoms with Crippen molar-refractivity contribution in [3.63, 3.8) is 0 Å². The van der Waals surface area contributed by atoms with Crippen LogP contribution in [0.2, 0.25) is 0 Å². The molecule has 1 aliphatic rings. The Labute approximate surface area is 168 Å². The van der Waals surface area contributed by atoms with Crippen LogP contribution in [0.5, 0.6) is 0 Å². The van der Waals surface area contributed by atoms with E-state index in [2.05, 4.69) is 80.1 Å². The molecule has 1 aliphatic heterocycles. The second-order valence-electron chi connectivity index (χ2n) is 6.16. The van der Waals surface area contributed by atoms with Crippen LogP contribution in [0, 0.1) is 26.7 Å². The molecule has 0 spiro atoms. The minimum Gasteiger partial charge on any atom is -0.412 e. The number of benzene rings is 1. The molecule has 0 saturated carbocycles. The van der Waals surface area contributed by atoms with Crippen LogP contribution in [-0.4, -0.2) is 51.4 Å². The maximum atomic E-state index is 4.73. The van der Waals surface area contributed by atoms with Gasteiger partial charge in [-0.1, -0.05) is 42.0 Å². The van der Waals surface area contributed by atoms with Gasteiger partial charge < -0.3 is 21.9 Å². The number of rotatable bonds is 4. The summed E-state index contributed by atoms with van der Waals surface area (Å²) >= 11 is 0. The lowest BCUT2D eigenvalue weighted by atomic mass is 10.00. The van der Waals surface area contributed by atoms with Gasteiger partial charge in [0, 0.05) is 17.8 Å². The summed E-state index contributed by atoms with van der Waals surface area (Å²) in [6.07, 6.45) is 13.0. The van der Waals surface area contributed by atoms with E-state index < -0.39 is 0 Å². The first-order valence-corrected chi connectivity index (χ1v) is 8.49. The van der Waals surface area contributed by atoms with Crippen molar-refractivity contribution in [1.29, 1.82) is 0 Å². The fourth-order valence-corrected chi connectivity index (χ4v) is 2.98. The van der Waals surface area contributed by atoms with E-state index in [0.29, 0.717) is 0 Å². The van der Waals surface area contributed by atoms with Gasteiger partial charge in [-0.3, -0.25) is 9.88 Å². The highest BCUT2D eigenvalue weighted by Gasteiger charge is 2.12. The maximum Gasteiger partial charge on any atom is 0.0708 e. The third kappa shape index (κ3) is 8.44. The molecule has 2 heterocycles. The van der Waals surface area contributed by atoms with E-state index in [1.165, 1.54) is 42.6 Å². The van der Waals surface area contributed by atoms with Gasteiger partial charge in [0.15, 0.2) is 0 Å². The Hall–Kier alpha value is -2.53. The molecule has 3 rings (SSSR count). The maximum absolute atomic E-state index is 4.73. The summed E-state index contributed by atoms with van der Waals surface area (Å²) in [7, 11) is 0. The Bertz CT molecular complexity index is 706. The number of aromatic nitrogens is 1. The van der Waals surface area contributed by atoms with Gasteiger partial charge in [0.1, 0.15) is 0 Å². The molecule has 8 N–H and O–H groups in total. The molecule has 0 bridgehead atoms. The zero-order chi connectivity index (χ0) is 17.4. The molecule has 0 atom stereocenters. The van der Waals surface area contributed by atoms with Crippen molar-refractivity contribution in [2.45, 2.75) is 26.7 Å². The lowest BCUT2D eigenvalue weighted by molar-refractivity contribution is 0.377. The zero-order valence-electron chi connectivity index (χ0n) is 16.7. The van der Waals surface area contributed by atoms with Gasteiger partial charge in [-0.05, 0) is 57.5 Å². The summed E-state index contributed by atoms with van der Waals surface area (Å²) in [6, 6.07) is 15.0. The van der Waals surface area contributed by atoms with E-state index in [9.17, 15) is 0 Å². The Morgan fingerprint density at radius 1 is 0.929 bits per heavy atom. The molecule has 2 aromatic rings. The van der Waals surface area contributed by atoms with Gasteiger partial charge in [0.05, 0.1) is 5.69 Å². The molecule has 28 heavy (non-hydrogen) atoms. The third-order valence-corrected chi connectivity index (χ3v) is 4.28. The largest absolute Gasteiger partial charge is 0.412 e. The molecule has 0 amide bonds. The van der Waals surface area contributed by atoms with Gasteiger partial charge >= 0.3 is 0 Å². The number of nitrogens with zero attached hydrogens (tertiary/aromatic N) is 2. The molecule has 156 valence electrons. The Balaban J connectivity index is -0.00000101. The van der Waals surface area contributed by atoms with Gasteiger partial charge in [-0.15, -0.1) is 12.8 Å². The van der Waals surface area contributed by atoms with Crippen LogP contribution >= 0.6 is 0 Å². The highest BCUT2D eigenvalue weighted by Crippen LogP contribution is 2.23. The van der Waals surface area contributed by atoms with Gasteiger partial charge in [0.2, 0.25) is 0 Å². The number of aryl methyl sites for hydroxylation is 2. The second-order valence-corrected chi connectivity index (χ2v) is 6.16. The Morgan fingerprint density at radius 3 is 2.04 bits per heavy atom. The summed E-state index contributed by atoms with van der Waals surface area (Å²) in [5.41, 5.74) is 5.93. The summed E-state index contributed by atoms with van der Waals surface area (Å²) in [4.78, 5) is 7.25. The van der Waals surface area contributed by atoms with Crippen LogP contribution in [0.4, 0.5) is 0 Å². The van der Waals surface area contributed by atoms with Gasteiger partial charge in [0.25, 0.3) is 0 Å². The van der Waals surface area contributed by atoms with Crippen molar-refractivity contribution < 1.29 is 21.9 Å². The molecule has 0 aliphatic carbocycles. The topological polar surface area (TPSA) is 142 Å². The first kappa shape index (κ1) is 30.2. The minimum absolute atomic E-state index is 0.